The van der Waals surface area contributed by atoms with E-state index in [4.69, 9.17) is 0 Å². The van der Waals surface area contributed by atoms with Crippen molar-refractivity contribution in [2.75, 3.05) is 55.4 Å². The van der Waals surface area contributed by atoms with Gasteiger partial charge >= 0.3 is 0 Å². The van der Waals surface area contributed by atoms with Gasteiger partial charge in [-0.2, -0.15) is 0 Å². The Labute approximate surface area is 119 Å². The first-order chi connectivity index (χ1) is 6.12. The molecule has 0 spiro atoms. The lowest BCUT2D eigenvalue weighted by molar-refractivity contribution is -0.864. The molecule has 0 aromatic rings. The van der Waals surface area contributed by atoms with Crippen LogP contribution in [0.1, 0.15) is 0 Å². The van der Waals surface area contributed by atoms with Crippen molar-refractivity contribution < 1.29 is 38.4 Å². The van der Waals surface area contributed by atoms with E-state index in [0.29, 0.717) is 0 Å². The summed E-state index contributed by atoms with van der Waals surface area (Å²) in [5, 5.41) is 0. The number of hydrogen-bond acceptors (Lipinski definition) is 0. The zero-order valence-electron chi connectivity index (χ0n) is 11.6. The van der Waals surface area contributed by atoms with Gasteiger partial charge in [-0.15, -0.1) is 0 Å². The first-order valence-corrected chi connectivity index (χ1v) is 4.95. The second kappa shape index (κ2) is 11.6. The molecule has 0 atom stereocenters. The molecule has 0 bridgehead atoms. The van der Waals surface area contributed by atoms with Gasteiger partial charge in [0.2, 0.25) is 0 Å². The van der Waals surface area contributed by atoms with Crippen molar-refractivity contribution in [1.29, 1.82) is 0 Å². The second-order valence-electron chi connectivity index (χ2n) is 5.52. The Morgan fingerprint density at radius 3 is 0.938 bits per heavy atom. The van der Waals surface area contributed by atoms with Crippen molar-refractivity contribution in [1.82, 2.24) is 0 Å². The Bertz CT molecular complexity index is 149. The van der Waals surface area contributed by atoms with Crippen LogP contribution < -0.4 is 29.4 Å². The van der Waals surface area contributed by atoms with E-state index in [1.54, 1.807) is 0 Å². The van der Waals surface area contributed by atoms with E-state index in [9.17, 15) is 0 Å². The second-order valence-corrected chi connectivity index (χ2v) is 5.52. The number of rotatable bonds is 4. The molecule has 0 aromatic carbocycles. The maximum Gasteiger partial charge on any atom is 0.0964 e. The third-order valence-corrected chi connectivity index (χ3v) is 1.35. The summed E-state index contributed by atoms with van der Waals surface area (Å²) in [6.45, 7) is 9.34. The van der Waals surface area contributed by atoms with E-state index in [2.05, 4.69) is 55.4 Å². The Kier molecular flexibility index (Phi) is 18.3. The molecule has 0 radical (unpaired) electrons. The van der Waals surface area contributed by atoms with Gasteiger partial charge in [-0.1, -0.05) is 13.2 Å². The highest BCUT2D eigenvalue weighted by atomic mass is 79.9. The van der Waals surface area contributed by atoms with Crippen LogP contribution in [-0.2, 0) is 0 Å². The Morgan fingerprint density at radius 2 is 0.938 bits per heavy atom. The molecule has 0 amide bonds. The van der Waals surface area contributed by atoms with Gasteiger partial charge in [0.05, 0.1) is 55.4 Å². The molecule has 0 rings (SSSR count). The Hall–Kier alpha value is 0.170. The molecule has 0 unspecified atom stereocenters. The highest BCUT2D eigenvalue weighted by Crippen LogP contribution is 1.87. The van der Waals surface area contributed by atoms with Gasteiger partial charge in [-0.25, -0.2) is 0 Å². The molecule has 0 saturated heterocycles. The molecule has 4 heteroatoms. The molecular formula is C12H28BrClN2. The predicted octanol–water partition coefficient (Wildman–Crippen LogP) is -4.23. The van der Waals surface area contributed by atoms with Crippen LogP contribution in [0.25, 0.3) is 0 Å². The van der Waals surface area contributed by atoms with E-state index in [0.717, 1.165) is 22.1 Å². The monoisotopic (exact) mass is 314 g/mol. The third-order valence-electron chi connectivity index (χ3n) is 1.35. The Morgan fingerprint density at radius 1 is 0.750 bits per heavy atom. The lowest BCUT2D eigenvalue weighted by Crippen LogP contribution is -3.00. The van der Waals surface area contributed by atoms with Gasteiger partial charge in [0.15, 0.2) is 0 Å². The zero-order valence-corrected chi connectivity index (χ0v) is 14.0. The first kappa shape index (κ1) is 25.1. The molecule has 0 heterocycles. The van der Waals surface area contributed by atoms with Crippen molar-refractivity contribution in [3.8, 4) is 0 Å². The van der Waals surface area contributed by atoms with Gasteiger partial charge in [-0.3, -0.25) is 0 Å². The SMILES string of the molecule is C=CC[N+](C)(C)C.C=CC[N+](C)(C)C.[Br-].[Cl-]. The van der Waals surface area contributed by atoms with E-state index in [-0.39, 0.29) is 29.4 Å². The standard InChI is InChI=1S/2C6H14N.BrH.ClH/c2*1-5-6-7(2,3)4;;/h2*5H,1,6H2,2-4H3;2*1H/q2*+1;;/p-2. The number of quaternary nitrogens is 2. The summed E-state index contributed by atoms with van der Waals surface area (Å²) >= 11 is 0. The largest absolute Gasteiger partial charge is 1.00 e. The predicted molar refractivity (Wildman–Crippen MR) is 66.2 cm³/mol. The molecule has 0 aliphatic carbocycles. The summed E-state index contributed by atoms with van der Waals surface area (Å²) in [5.74, 6) is 0. The molecule has 0 saturated carbocycles. The van der Waals surface area contributed by atoms with Crippen LogP contribution >= 0.6 is 0 Å². The van der Waals surface area contributed by atoms with E-state index in [1.807, 2.05) is 12.2 Å². The molecule has 0 aliphatic heterocycles. The van der Waals surface area contributed by atoms with Gasteiger partial charge in [-0.05, 0) is 12.2 Å². The van der Waals surface area contributed by atoms with Gasteiger partial charge < -0.3 is 38.4 Å². The first-order valence-electron chi connectivity index (χ1n) is 4.95. The highest BCUT2D eigenvalue weighted by Gasteiger charge is 2.00. The normalized spacial score (nSPS) is 9.88. The van der Waals surface area contributed by atoms with Gasteiger partial charge in [0.25, 0.3) is 0 Å². The highest BCUT2D eigenvalue weighted by molar-refractivity contribution is 4.63. The van der Waals surface area contributed by atoms with Crippen LogP contribution in [0.15, 0.2) is 25.3 Å². The average molecular weight is 316 g/mol. The minimum absolute atomic E-state index is 0. The van der Waals surface area contributed by atoms with Crippen LogP contribution in [0.5, 0.6) is 0 Å². The smallest absolute Gasteiger partial charge is 0.0964 e. The van der Waals surface area contributed by atoms with Gasteiger partial charge in [0, 0.05) is 0 Å². The number of likely N-dealkylation sites (N-methyl/N-ethyl adjacent to an activating group) is 2. The molecule has 0 fully saturated rings. The molecule has 0 N–H and O–H groups in total. The summed E-state index contributed by atoms with van der Waals surface area (Å²) in [6, 6.07) is 0. The molecule has 100 valence electrons. The van der Waals surface area contributed by atoms with E-state index >= 15 is 0 Å². The Balaban J connectivity index is -0.0000000800. The lowest BCUT2D eigenvalue weighted by Gasteiger charge is -2.21. The molecular weight excluding hydrogens is 288 g/mol. The average Bonchev–Trinajstić information content (AvgIpc) is 1.81. The number of nitrogens with zero attached hydrogens (tertiary/aromatic N) is 2. The van der Waals surface area contributed by atoms with Crippen molar-refractivity contribution in [3.05, 3.63) is 25.3 Å². The molecule has 0 aromatic heterocycles. The quantitative estimate of drug-likeness (QED) is 0.364. The van der Waals surface area contributed by atoms with Crippen molar-refractivity contribution in [3.63, 3.8) is 0 Å². The topological polar surface area (TPSA) is 0 Å². The van der Waals surface area contributed by atoms with Crippen LogP contribution in [0.2, 0.25) is 0 Å². The third kappa shape index (κ3) is 36.8. The zero-order chi connectivity index (χ0) is 11.8. The van der Waals surface area contributed by atoms with Crippen LogP contribution in [0.3, 0.4) is 0 Å². The number of hydrogen-bond donors (Lipinski definition) is 0. The minimum atomic E-state index is 0. The lowest BCUT2D eigenvalue weighted by atomic mass is 10.5. The van der Waals surface area contributed by atoms with Crippen LogP contribution in [0.4, 0.5) is 0 Å². The molecule has 16 heavy (non-hydrogen) atoms. The summed E-state index contributed by atoms with van der Waals surface area (Å²) in [5.41, 5.74) is 0. The summed E-state index contributed by atoms with van der Waals surface area (Å²) < 4.78 is 1.95. The van der Waals surface area contributed by atoms with Crippen molar-refractivity contribution >= 4 is 0 Å². The van der Waals surface area contributed by atoms with E-state index < -0.39 is 0 Å². The van der Waals surface area contributed by atoms with Gasteiger partial charge in [0.1, 0.15) is 0 Å². The summed E-state index contributed by atoms with van der Waals surface area (Å²) in [6.07, 6.45) is 3.86. The summed E-state index contributed by atoms with van der Waals surface area (Å²) in [7, 11) is 12.8. The molecule has 0 aliphatic rings. The number of halogens is 2. The van der Waals surface area contributed by atoms with Crippen LogP contribution in [0, 0.1) is 0 Å². The summed E-state index contributed by atoms with van der Waals surface area (Å²) in [4.78, 5) is 0. The fourth-order valence-electron chi connectivity index (χ4n) is 0.775. The van der Waals surface area contributed by atoms with E-state index in [1.165, 1.54) is 0 Å². The molecule has 2 nitrogen and oxygen atoms in total. The maximum atomic E-state index is 3.63. The minimum Gasteiger partial charge on any atom is -1.00 e. The van der Waals surface area contributed by atoms with Crippen molar-refractivity contribution in [2.45, 2.75) is 0 Å². The fourth-order valence-corrected chi connectivity index (χ4v) is 0.775. The maximum absolute atomic E-state index is 3.63. The fraction of sp³-hybridized carbons (Fsp3) is 0.667. The van der Waals surface area contributed by atoms with Crippen LogP contribution in [-0.4, -0.2) is 64.3 Å². The van der Waals surface area contributed by atoms with Crippen molar-refractivity contribution in [2.24, 2.45) is 0 Å².